The van der Waals surface area contributed by atoms with E-state index in [0.29, 0.717) is 18.3 Å². The van der Waals surface area contributed by atoms with Crippen LogP contribution in [0.15, 0.2) is 36.8 Å². The maximum Gasteiger partial charge on any atom is 0.255 e. The zero-order valence-corrected chi connectivity index (χ0v) is 12.2. The van der Waals surface area contributed by atoms with E-state index in [1.54, 1.807) is 12.1 Å². The van der Waals surface area contributed by atoms with Crippen LogP contribution in [0.2, 0.25) is 0 Å². The molecule has 6 nitrogen and oxygen atoms in total. The second-order valence-corrected chi connectivity index (χ2v) is 5.02. The molecule has 1 aromatic heterocycles. The topological polar surface area (TPSA) is 82.2 Å². The highest BCUT2D eigenvalue weighted by molar-refractivity contribution is 5.75. The Bertz CT molecular complexity index is 590. The Morgan fingerprint density at radius 1 is 1.38 bits per heavy atom. The highest BCUT2D eigenvalue weighted by Crippen LogP contribution is 2.17. The molecule has 0 saturated heterocycles. The van der Waals surface area contributed by atoms with Crippen molar-refractivity contribution in [2.24, 2.45) is 5.73 Å². The van der Waals surface area contributed by atoms with Crippen molar-refractivity contribution >= 4 is 11.6 Å². The number of rotatable bonds is 7. The highest BCUT2D eigenvalue weighted by atomic mass is 16.5. The smallest absolute Gasteiger partial charge is 0.255 e. The fourth-order valence-corrected chi connectivity index (χ4v) is 1.95. The summed E-state index contributed by atoms with van der Waals surface area (Å²) in [6.07, 6.45) is 3.69. The molecule has 0 bridgehead atoms. The maximum atomic E-state index is 10.6. The number of carbonyl (C=O) groups is 1. The van der Waals surface area contributed by atoms with E-state index in [9.17, 15) is 4.79 Å². The quantitative estimate of drug-likeness (QED) is 0.815. The van der Waals surface area contributed by atoms with Gasteiger partial charge in [0.05, 0.1) is 18.6 Å². The summed E-state index contributed by atoms with van der Waals surface area (Å²) in [5.41, 5.74) is 7.12. The minimum Gasteiger partial charge on any atom is -0.484 e. The van der Waals surface area contributed by atoms with E-state index in [-0.39, 0.29) is 6.61 Å². The van der Waals surface area contributed by atoms with Gasteiger partial charge in [0.1, 0.15) is 5.75 Å². The van der Waals surface area contributed by atoms with E-state index in [4.69, 9.17) is 10.5 Å². The van der Waals surface area contributed by atoms with Gasteiger partial charge in [0.2, 0.25) is 0 Å². The Kier molecular flexibility index (Phi) is 4.81. The van der Waals surface area contributed by atoms with Crippen molar-refractivity contribution in [3.8, 4) is 5.75 Å². The van der Waals surface area contributed by atoms with Gasteiger partial charge < -0.3 is 20.4 Å². The van der Waals surface area contributed by atoms with E-state index in [1.165, 1.54) is 0 Å². The van der Waals surface area contributed by atoms with Gasteiger partial charge in [0.25, 0.3) is 5.91 Å². The second-order valence-electron chi connectivity index (χ2n) is 5.02. The van der Waals surface area contributed by atoms with Crippen LogP contribution < -0.4 is 15.8 Å². The van der Waals surface area contributed by atoms with Crippen molar-refractivity contribution in [2.75, 3.05) is 11.9 Å². The van der Waals surface area contributed by atoms with Crippen molar-refractivity contribution < 1.29 is 9.53 Å². The van der Waals surface area contributed by atoms with Gasteiger partial charge in [-0.05, 0) is 38.1 Å². The van der Waals surface area contributed by atoms with E-state index in [1.807, 2.05) is 24.7 Å². The summed E-state index contributed by atoms with van der Waals surface area (Å²) < 4.78 is 7.33. The molecule has 2 aromatic rings. The molecule has 0 spiro atoms. The fourth-order valence-electron chi connectivity index (χ4n) is 1.95. The number of hydrogen-bond donors (Lipinski definition) is 2. The number of anilines is 1. The molecule has 6 heteroatoms. The van der Waals surface area contributed by atoms with Crippen molar-refractivity contribution in [3.63, 3.8) is 0 Å². The molecule has 0 aliphatic rings. The standard InChI is InChI=1S/C15H20N4O2/c1-11(2)19-10-17-7-13(19)8-18-12-3-5-14(6-4-12)21-9-15(16)20/h3-7,10-11,18H,8-9H2,1-2H3,(H2,16,20). The molecule has 112 valence electrons. The fraction of sp³-hybridized carbons (Fsp3) is 0.333. The zero-order chi connectivity index (χ0) is 15.2. The first-order valence-corrected chi connectivity index (χ1v) is 6.82. The van der Waals surface area contributed by atoms with E-state index >= 15 is 0 Å². The van der Waals surface area contributed by atoms with Gasteiger partial charge >= 0.3 is 0 Å². The number of nitrogens with zero attached hydrogens (tertiary/aromatic N) is 2. The molecule has 21 heavy (non-hydrogen) atoms. The van der Waals surface area contributed by atoms with E-state index in [2.05, 4.69) is 28.7 Å². The molecule has 0 fully saturated rings. The number of ether oxygens (including phenoxy) is 1. The van der Waals surface area contributed by atoms with Crippen LogP contribution in [-0.2, 0) is 11.3 Å². The first-order chi connectivity index (χ1) is 10.1. The number of nitrogens with one attached hydrogen (secondary N) is 1. The summed E-state index contributed by atoms with van der Waals surface area (Å²) in [5.74, 6) is 0.130. The third-order valence-corrected chi connectivity index (χ3v) is 3.01. The molecule has 0 aliphatic carbocycles. The van der Waals surface area contributed by atoms with Gasteiger partial charge in [-0.3, -0.25) is 4.79 Å². The van der Waals surface area contributed by atoms with Crippen LogP contribution in [0.5, 0.6) is 5.75 Å². The lowest BCUT2D eigenvalue weighted by Crippen LogP contribution is -2.19. The van der Waals surface area contributed by atoms with Crippen molar-refractivity contribution in [1.82, 2.24) is 9.55 Å². The lowest BCUT2D eigenvalue weighted by atomic mass is 10.3. The molecule has 0 atom stereocenters. The Hall–Kier alpha value is -2.50. The molecule has 3 N–H and O–H groups in total. The lowest BCUT2D eigenvalue weighted by molar-refractivity contribution is -0.119. The van der Waals surface area contributed by atoms with Gasteiger partial charge in [-0.1, -0.05) is 0 Å². The molecule has 0 unspecified atom stereocenters. The number of imidazole rings is 1. The summed E-state index contributed by atoms with van der Waals surface area (Å²) in [5, 5.41) is 3.33. The molecule has 1 aromatic carbocycles. The average Bonchev–Trinajstić information content (AvgIpc) is 2.92. The Labute approximate surface area is 123 Å². The van der Waals surface area contributed by atoms with Crippen LogP contribution in [0, 0.1) is 0 Å². The number of primary amides is 1. The number of hydrogen-bond acceptors (Lipinski definition) is 4. The minimum atomic E-state index is -0.487. The maximum absolute atomic E-state index is 10.6. The van der Waals surface area contributed by atoms with Crippen molar-refractivity contribution in [2.45, 2.75) is 26.4 Å². The average molecular weight is 288 g/mol. The largest absolute Gasteiger partial charge is 0.484 e. The van der Waals surface area contributed by atoms with Gasteiger partial charge in [-0.25, -0.2) is 4.98 Å². The lowest BCUT2D eigenvalue weighted by Gasteiger charge is -2.13. The molecule has 0 saturated carbocycles. The number of amides is 1. The number of carbonyl (C=O) groups excluding carboxylic acids is 1. The van der Waals surface area contributed by atoms with Gasteiger partial charge in [-0.15, -0.1) is 0 Å². The second kappa shape index (κ2) is 6.78. The summed E-state index contributed by atoms with van der Waals surface area (Å²) in [4.78, 5) is 14.8. The number of aromatic nitrogens is 2. The number of nitrogens with two attached hydrogens (primary N) is 1. The van der Waals surface area contributed by atoms with Gasteiger partial charge in [0.15, 0.2) is 6.61 Å². The van der Waals surface area contributed by atoms with Crippen molar-refractivity contribution in [1.29, 1.82) is 0 Å². The normalized spacial score (nSPS) is 10.6. The van der Waals surface area contributed by atoms with Gasteiger partial charge in [-0.2, -0.15) is 0 Å². The van der Waals surface area contributed by atoms with Crippen LogP contribution in [0.1, 0.15) is 25.6 Å². The number of benzene rings is 1. The zero-order valence-electron chi connectivity index (χ0n) is 12.2. The molecule has 2 rings (SSSR count). The minimum absolute atomic E-state index is 0.111. The SMILES string of the molecule is CC(C)n1cncc1CNc1ccc(OCC(N)=O)cc1. The molecule has 0 aliphatic heterocycles. The summed E-state index contributed by atoms with van der Waals surface area (Å²) in [6, 6.07) is 7.77. The van der Waals surface area contributed by atoms with Crippen molar-refractivity contribution in [3.05, 3.63) is 42.5 Å². The summed E-state index contributed by atoms with van der Waals surface area (Å²) in [7, 11) is 0. The van der Waals surface area contributed by atoms with Crippen LogP contribution in [0.3, 0.4) is 0 Å². The van der Waals surface area contributed by atoms with Crippen LogP contribution in [0.4, 0.5) is 5.69 Å². The molecule has 1 amide bonds. The third-order valence-electron chi connectivity index (χ3n) is 3.01. The van der Waals surface area contributed by atoms with Crippen LogP contribution >= 0.6 is 0 Å². The van der Waals surface area contributed by atoms with Gasteiger partial charge in [0, 0.05) is 17.9 Å². The first kappa shape index (κ1) is 14.9. The summed E-state index contributed by atoms with van der Waals surface area (Å²) in [6.45, 7) is 4.83. The first-order valence-electron chi connectivity index (χ1n) is 6.82. The van der Waals surface area contributed by atoms with E-state index < -0.39 is 5.91 Å². The predicted octanol–water partition coefficient (Wildman–Crippen LogP) is 1.94. The molecular formula is C15H20N4O2. The Morgan fingerprint density at radius 2 is 2.10 bits per heavy atom. The van der Waals surface area contributed by atoms with E-state index in [0.717, 1.165) is 11.4 Å². The molecule has 0 radical (unpaired) electrons. The summed E-state index contributed by atoms with van der Waals surface area (Å²) >= 11 is 0. The Balaban J connectivity index is 1.91. The molecule has 1 heterocycles. The molecular weight excluding hydrogens is 268 g/mol. The third kappa shape index (κ3) is 4.24. The monoisotopic (exact) mass is 288 g/mol. The Morgan fingerprint density at radius 3 is 2.71 bits per heavy atom. The van der Waals surface area contributed by atoms with Crippen LogP contribution in [0.25, 0.3) is 0 Å². The van der Waals surface area contributed by atoms with Crippen LogP contribution in [-0.4, -0.2) is 22.1 Å². The predicted molar refractivity (Wildman–Crippen MR) is 81.1 cm³/mol. The highest BCUT2D eigenvalue weighted by Gasteiger charge is 2.05.